The van der Waals surface area contributed by atoms with Crippen LogP contribution in [0, 0.1) is 11.3 Å². The first-order chi connectivity index (χ1) is 17.4. The Hall–Kier alpha value is -3.87. The number of carbonyl (C=O) groups excluding carboxylic acids is 2. The number of ether oxygens (including phenoxy) is 2. The van der Waals surface area contributed by atoms with Crippen molar-refractivity contribution in [2.45, 2.75) is 6.61 Å². The van der Waals surface area contributed by atoms with Crippen LogP contribution in [0.25, 0.3) is 6.08 Å². The quantitative estimate of drug-likeness (QED) is 0.274. The average Bonchev–Trinajstić information content (AvgIpc) is 3.15. The molecule has 1 aliphatic heterocycles. The highest BCUT2D eigenvalue weighted by Gasteiger charge is 2.30. The summed E-state index contributed by atoms with van der Waals surface area (Å²) in [5.41, 5.74) is 3.12. The molecular weight excluding hydrogens is 542 g/mol. The van der Waals surface area contributed by atoms with Gasteiger partial charge < -0.3 is 9.47 Å². The molecule has 0 bridgehead atoms. The van der Waals surface area contributed by atoms with E-state index in [1.54, 1.807) is 43.5 Å². The maximum absolute atomic E-state index is 12.8. The first-order valence-corrected chi connectivity index (χ1v) is 12.4. The number of halogens is 1. The van der Waals surface area contributed by atoms with Crippen LogP contribution >= 0.6 is 27.7 Å². The summed E-state index contributed by atoms with van der Waals surface area (Å²) in [6.45, 7) is 0.263. The molecule has 0 N–H and O–H groups in total. The molecule has 0 saturated carbocycles. The second-order valence-electron chi connectivity index (χ2n) is 7.66. The fourth-order valence-electron chi connectivity index (χ4n) is 3.37. The Labute approximate surface area is 221 Å². The molecule has 1 heterocycles. The topological polar surface area (TPSA) is 92.0 Å². The third-order valence-corrected chi connectivity index (χ3v) is 6.95. The molecule has 0 aromatic heterocycles. The average molecular weight is 562 g/mol. The van der Waals surface area contributed by atoms with Crippen LogP contribution in [0.1, 0.15) is 27.0 Å². The van der Waals surface area contributed by atoms with Gasteiger partial charge in [0, 0.05) is 12.6 Å². The normalized spacial score (nSPS) is 15.3. The summed E-state index contributed by atoms with van der Waals surface area (Å²) in [7, 11) is 2.98. The zero-order valence-electron chi connectivity index (χ0n) is 19.4. The van der Waals surface area contributed by atoms with Crippen molar-refractivity contribution in [3.05, 3.63) is 98.4 Å². The molecule has 0 aliphatic carbocycles. The number of rotatable bonds is 6. The number of nitriles is 1. The number of likely N-dealkylation sites (N-methyl/N-ethyl adjacent to an activating group) is 1. The summed E-state index contributed by atoms with van der Waals surface area (Å²) in [6.07, 6.45) is 1.79. The Bertz CT molecular complexity index is 1440. The van der Waals surface area contributed by atoms with Crippen molar-refractivity contribution in [2.24, 2.45) is 4.99 Å². The molecule has 0 unspecified atom stereocenters. The van der Waals surface area contributed by atoms with Gasteiger partial charge in [-0.15, -0.1) is 0 Å². The number of esters is 1. The van der Waals surface area contributed by atoms with Crippen LogP contribution in [0.3, 0.4) is 0 Å². The zero-order chi connectivity index (χ0) is 25.7. The molecule has 9 heteroatoms. The molecule has 1 saturated heterocycles. The lowest BCUT2D eigenvalue weighted by Gasteiger charge is -2.10. The number of amidine groups is 1. The largest absolute Gasteiger partial charge is 0.488 e. The van der Waals surface area contributed by atoms with Crippen molar-refractivity contribution in [3.63, 3.8) is 0 Å². The summed E-state index contributed by atoms with van der Waals surface area (Å²) in [6, 6.07) is 21.7. The van der Waals surface area contributed by atoms with E-state index in [-0.39, 0.29) is 12.5 Å². The van der Waals surface area contributed by atoms with E-state index in [1.165, 1.54) is 23.8 Å². The van der Waals surface area contributed by atoms with E-state index in [2.05, 4.69) is 27.0 Å². The molecule has 3 aromatic carbocycles. The van der Waals surface area contributed by atoms with Gasteiger partial charge >= 0.3 is 5.97 Å². The first-order valence-electron chi connectivity index (χ1n) is 10.7. The van der Waals surface area contributed by atoms with Gasteiger partial charge in [-0.3, -0.25) is 9.69 Å². The fraction of sp³-hybridized carbons (Fsp3) is 0.111. The van der Waals surface area contributed by atoms with Crippen molar-refractivity contribution in [3.8, 4) is 11.8 Å². The number of methoxy groups -OCH3 is 1. The van der Waals surface area contributed by atoms with E-state index in [0.717, 1.165) is 15.6 Å². The van der Waals surface area contributed by atoms with Gasteiger partial charge in [0.1, 0.15) is 12.4 Å². The van der Waals surface area contributed by atoms with Gasteiger partial charge in [0.15, 0.2) is 5.17 Å². The molecule has 7 nitrogen and oxygen atoms in total. The third kappa shape index (κ3) is 5.67. The molecule has 3 aromatic rings. The standard InChI is InChI=1S/C27H20BrN3O4S/c1-31-25(32)24(36-27(31)30-21-9-5-8-18(14-21)26(33)34-2)13-17-10-11-23(22(28)12-17)35-16-20-7-4-3-6-19(20)15-29/h3-14H,16H2,1-2H3. The predicted molar refractivity (Wildman–Crippen MR) is 143 cm³/mol. The van der Waals surface area contributed by atoms with Crippen LogP contribution in [0.5, 0.6) is 5.75 Å². The Kier molecular flexibility index (Phi) is 7.88. The van der Waals surface area contributed by atoms with Crippen molar-refractivity contribution < 1.29 is 19.1 Å². The molecule has 0 spiro atoms. The number of amides is 1. The second kappa shape index (κ2) is 11.2. The van der Waals surface area contributed by atoms with E-state index in [9.17, 15) is 14.9 Å². The van der Waals surface area contributed by atoms with Crippen LogP contribution in [0.4, 0.5) is 5.69 Å². The second-order valence-corrected chi connectivity index (χ2v) is 9.52. The molecule has 1 fully saturated rings. The number of carbonyl (C=O) groups is 2. The highest BCUT2D eigenvalue weighted by atomic mass is 79.9. The number of hydrogen-bond donors (Lipinski definition) is 0. The lowest BCUT2D eigenvalue weighted by Crippen LogP contribution is -2.23. The summed E-state index contributed by atoms with van der Waals surface area (Å²) < 4.78 is 11.4. The predicted octanol–water partition coefficient (Wildman–Crippen LogP) is 5.92. The molecule has 4 rings (SSSR count). The van der Waals surface area contributed by atoms with Crippen LogP contribution in [0.15, 0.2) is 81.1 Å². The van der Waals surface area contributed by atoms with Crippen molar-refractivity contribution in [2.75, 3.05) is 14.2 Å². The van der Waals surface area contributed by atoms with Gasteiger partial charge in [-0.25, -0.2) is 9.79 Å². The Morgan fingerprint density at radius 3 is 2.72 bits per heavy atom. The highest BCUT2D eigenvalue weighted by molar-refractivity contribution is 9.10. The lowest BCUT2D eigenvalue weighted by atomic mass is 10.1. The number of thioether (sulfide) groups is 1. The van der Waals surface area contributed by atoms with Gasteiger partial charge in [0.25, 0.3) is 5.91 Å². The number of hydrogen-bond acceptors (Lipinski definition) is 7. The monoisotopic (exact) mass is 561 g/mol. The third-order valence-electron chi connectivity index (χ3n) is 5.27. The summed E-state index contributed by atoms with van der Waals surface area (Å²) >= 11 is 4.78. The van der Waals surface area contributed by atoms with Gasteiger partial charge in [0.2, 0.25) is 0 Å². The van der Waals surface area contributed by atoms with Crippen LogP contribution < -0.4 is 4.74 Å². The van der Waals surface area contributed by atoms with Gasteiger partial charge in [0.05, 0.1) is 39.4 Å². The Morgan fingerprint density at radius 2 is 1.97 bits per heavy atom. The molecule has 36 heavy (non-hydrogen) atoms. The minimum absolute atomic E-state index is 0.174. The van der Waals surface area contributed by atoms with Crippen LogP contribution in [-0.4, -0.2) is 36.1 Å². The van der Waals surface area contributed by atoms with Gasteiger partial charge in [-0.1, -0.05) is 30.3 Å². The van der Waals surface area contributed by atoms with Crippen molar-refractivity contribution >= 4 is 56.5 Å². The molecule has 1 amide bonds. The zero-order valence-corrected chi connectivity index (χ0v) is 21.8. The minimum Gasteiger partial charge on any atom is -0.488 e. The Balaban J connectivity index is 1.50. The van der Waals surface area contributed by atoms with Crippen molar-refractivity contribution in [1.29, 1.82) is 5.26 Å². The van der Waals surface area contributed by atoms with E-state index >= 15 is 0 Å². The van der Waals surface area contributed by atoms with E-state index in [4.69, 9.17) is 9.47 Å². The highest BCUT2D eigenvalue weighted by Crippen LogP contribution is 2.35. The molecule has 180 valence electrons. The minimum atomic E-state index is -0.451. The van der Waals surface area contributed by atoms with E-state index in [0.29, 0.717) is 32.6 Å². The van der Waals surface area contributed by atoms with Crippen molar-refractivity contribution in [1.82, 2.24) is 4.90 Å². The maximum Gasteiger partial charge on any atom is 0.337 e. The van der Waals surface area contributed by atoms with Crippen LogP contribution in [-0.2, 0) is 16.1 Å². The molecule has 0 radical (unpaired) electrons. The maximum atomic E-state index is 12.8. The summed E-state index contributed by atoms with van der Waals surface area (Å²) in [4.78, 5) is 31.1. The smallest absolute Gasteiger partial charge is 0.337 e. The summed E-state index contributed by atoms with van der Waals surface area (Å²) in [5.74, 6) is 0.000926. The summed E-state index contributed by atoms with van der Waals surface area (Å²) in [5, 5.41) is 9.75. The molecule has 0 atom stereocenters. The van der Waals surface area contributed by atoms with Crippen LogP contribution in [0.2, 0.25) is 0 Å². The molecular formula is C27H20BrN3O4S. The van der Waals surface area contributed by atoms with Gasteiger partial charge in [-0.05, 0) is 75.7 Å². The lowest BCUT2D eigenvalue weighted by molar-refractivity contribution is -0.121. The Morgan fingerprint density at radius 1 is 1.17 bits per heavy atom. The van der Waals surface area contributed by atoms with E-state index < -0.39 is 5.97 Å². The number of benzene rings is 3. The first kappa shape index (κ1) is 25.2. The fourth-order valence-corrected chi connectivity index (χ4v) is 4.87. The number of aliphatic imine (C=N–C) groups is 1. The molecule has 1 aliphatic rings. The van der Waals surface area contributed by atoms with E-state index in [1.807, 2.05) is 36.4 Å². The number of nitrogens with zero attached hydrogens (tertiary/aromatic N) is 3. The SMILES string of the molecule is COC(=O)c1cccc(N=C2SC(=Cc3ccc(OCc4ccccc4C#N)c(Br)c3)C(=O)N2C)c1. The van der Waals surface area contributed by atoms with Gasteiger partial charge in [-0.2, -0.15) is 5.26 Å².